The van der Waals surface area contributed by atoms with E-state index in [-0.39, 0.29) is 0 Å². The molecule has 1 heterocycles. The summed E-state index contributed by atoms with van der Waals surface area (Å²) in [6, 6.07) is 35.5. The number of hydrazone groups is 1. The third kappa shape index (κ3) is 3.17. The summed E-state index contributed by atoms with van der Waals surface area (Å²) in [5, 5.41) is 9.34. The number of benzene rings is 4. The molecule has 0 saturated heterocycles. The molecule has 1 aromatic heterocycles. The minimum absolute atomic E-state index is 1.03. The number of anilines is 2. The Morgan fingerprint density at radius 3 is 1.93 bits per heavy atom. The lowest BCUT2D eigenvalue weighted by molar-refractivity contribution is 1.01. The Labute approximate surface area is 170 Å². The van der Waals surface area contributed by atoms with Crippen LogP contribution in [0.2, 0.25) is 0 Å². The Hall–Kier alpha value is -3.85. The SMILES string of the molecule is Cn1c2ccccc2c2ccc(C=NN(c3ccccc3)c3ccccc3)cc21. The van der Waals surface area contributed by atoms with E-state index in [1.807, 2.05) is 47.6 Å². The van der Waals surface area contributed by atoms with Crippen molar-refractivity contribution >= 4 is 39.4 Å². The van der Waals surface area contributed by atoms with Gasteiger partial charge >= 0.3 is 0 Å². The highest BCUT2D eigenvalue weighted by atomic mass is 15.5. The van der Waals surface area contributed by atoms with E-state index in [4.69, 9.17) is 5.10 Å². The molecular weight excluding hydrogens is 354 g/mol. The van der Waals surface area contributed by atoms with E-state index in [9.17, 15) is 0 Å². The summed E-state index contributed by atoms with van der Waals surface area (Å²) in [6.45, 7) is 0. The molecule has 0 aliphatic carbocycles. The van der Waals surface area contributed by atoms with Gasteiger partial charge in [-0.3, -0.25) is 0 Å². The fraction of sp³-hybridized carbons (Fsp3) is 0.0385. The number of hydrogen-bond donors (Lipinski definition) is 0. The van der Waals surface area contributed by atoms with Gasteiger partial charge in [-0.25, -0.2) is 5.01 Å². The number of fused-ring (bicyclic) bond motifs is 3. The zero-order chi connectivity index (χ0) is 19.6. The van der Waals surface area contributed by atoms with Gasteiger partial charge in [-0.1, -0.05) is 66.7 Å². The van der Waals surface area contributed by atoms with Crippen LogP contribution in [0.4, 0.5) is 11.4 Å². The molecule has 0 atom stereocenters. The molecule has 4 aromatic carbocycles. The topological polar surface area (TPSA) is 20.5 Å². The number of aryl methyl sites for hydroxylation is 1. The predicted octanol–water partition coefficient (Wildman–Crippen LogP) is 6.50. The summed E-state index contributed by atoms with van der Waals surface area (Å²) in [6.07, 6.45) is 1.93. The first kappa shape index (κ1) is 17.3. The number of para-hydroxylation sites is 3. The summed E-state index contributed by atoms with van der Waals surface area (Å²) in [5.41, 5.74) is 5.58. The lowest BCUT2D eigenvalue weighted by atomic mass is 10.1. The van der Waals surface area contributed by atoms with Crippen molar-refractivity contribution in [1.82, 2.24) is 4.57 Å². The van der Waals surface area contributed by atoms with Crippen LogP contribution in [0, 0.1) is 0 Å². The maximum absolute atomic E-state index is 4.82. The van der Waals surface area contributed by atoms with Crippen molar-refractivity contribution in [2.75, 3.05) is 5.01 Å². The molecular formula is C26H21N3. The van der Waals surface area contributed by atoms with Gasteiger partial charge in [0, 0.05) is 28.9 Å². The normalized spacial score (nSPS) is 11.5. The van der Waals surface area contributed by atoms with Crippen molar-refractivity contribution in [2.45, 2.75) is 0 Å². The maximum Gasteiger partial charge on any atom is 0.0652 e. The molecule has 0 bridgehead atoms. The standard InChI is InChI=1S/C26H21N3/c1-28-25-15-9-8-14-23(25)24-17-16-20(18-26(24)28)19-27-29(21-10-4-2-5-11-21)22-12-6-3-7-13-22/h2-19H,1H3. The Morgan fingerprint density at radius 2 is 1.24 bits per heavy atom. The molecule has 0 amide bonds. The molecule has 5 aromatic rings. The third-order valence-electron chi connectivity index (χ3n) is 5.26. The molecule has 140 valence electrons. The second kappa shape index (κ2) is 7.28. The molecule has 5 rings (SSSR count). The minimum Gasteiger partial charge on any atom is -0.344 e. The van der Waals surface area contributed by atoms with Crippen LogP contribution >= 0.6 is 0 Å². The molecule has 0 aliphatic rings. The van der Waals surface area contributed by atoms with Gasteiger partial charge in [0.2, 0.25) is 0 Å². The summed E-state index contributed by atoms with van der Waals surface area (Å²) in [7, 11) is 2.12. The average Bonchev–Trinajstić information content (AvgIpc) is 3.07. The van der Waals surface area contributed by atoms with Crippen LogP contribution in [0.5, 0.6) is 0 Å². The van der Waals surface area contributed by atoms with Crippen LogP contribution in [0.25, 0.3) is 21.8 Å². The Kier molecular flexibility index (Phi) is 4.34. The number of aromatic nitrogens is 1. The number of nitrogens with zero attached hydrogens (tertiary/aromatic N) is 3. The first-order chi connectivity index (χ1) is 14.3. The van der Waals surface area contributed by atoms with Gasteiger partial charge in [0.15, 0.2) is 0 Å². The van der Waals surface area contributed by atoms with Gasteiger partial charge < -0.3 is 4.57 Å². The first-order valence-electron chi connectivity index (χ1n) is 9.73. The van der Waals surface area contributed by atoms with Gasteiger partial charge in [0.05, 0.1) is 17.6 Å². The Bertz CT molecular complexity index is 1260. The van der Waals surface area contributed by atoms with Crippen molar-refractivity contribution in [2.24, 2.45) is 12.1 Å². The highest BCUT2D eigenvalue weighted by Gasteiger charge is 2.09. The molecule has 0 aliphatic heterocycles. The van der Waals surface area contributed by atoms with E-state index in [2.05, 4.69) is 78.3 Å². The number of rotatable bonds is 4. The fourth-order valence-electron chi connectivity index (χ4n) is 3.80. The number of hydrogen-bond acceptors (Lipinski definition) is 2. The van der Waals surface area contributed by atoms with Gasteiger partial charge in [-0.15, -0.1) is 0 Å². The molecule has 0 fully saturated rings. The van der Waals surface area contributed by atoms with Crippen LogP contribution < -0.4 is 5.01 Å². The Balaban J connectivity index is 1.57. The maximum atomic E-state index is 4.82. The van der Waals surface area contributed by atoms with Crippen LogP contribution in [0.1, 0.15) is 5.56 Å². The van der Waals surface area contributed by atoms with Gasteiger partial charge in [0.1, 0.15) is 0 Å². The lowest BCUT2D eigenvalue weighted by Crippen LogP contribution is -2.09. The van der Waals surface area contributed by atoms with E-state index in [0.717, 1.165) is 16.9 Å². The molecule has 3 heteroatoms. The van der Waals surface area contributed by atoms with Crippen LogP contribution in [-0.2, 0) is 7.05 Å². The average molecular weight is 375 g/mol. The van der Waals surface area contributed by atoms with E-state index in [1.54, 1.807) is 0 Å². The Morgan fingerprint density at radius 1 is 0.655 bits per heavy atom. The molecule has 3 nitrogen and oxygen atoms in total. The van der Waals surface area contributed by atoms with Crippen molar-refractivity contribution in [3.05, 3.63) is 109 Å². The van der Waals surface area contributed by atoms with Crippen LogP contribution in [0.3, 0.4) is 0 Å². The quantitative estimate of drug-likeness (QED) is 0.259. The van der Waals surface area contributed by atoms with Crippen molar-refractivity contribution in [1.29, 1.82) is 0 Å². The summed E-state index contributed by atoms with van der Waals surface area (Å²) >= 11 is 0. The molecule has 0 saturated carbocycles. The van der Waals surface area contributed by atoms with E-state index >= 15 is 0 Å². The van der Waals surface area contributed by atoms with Crippen LogP contribution in [0.15, 0.2) is 108 Å². The molecule has 0 unspecified atom stereocenters. The largest absolute Gasteiger partial charge is 0.344 e. The van der Waals surface area contributed by atoms with Gasteiger partial charge in [-0.05, 0) is 42.0 Å². The third-order valence-corrected chi connectivity index (χ3v) is 5.26. The van der Waals surface area contributed by atoms with Crippen molar-refractivity contribution < 1.29 is 0 Å². The van der Waals surface area contributed by atoms with Crippen molar-refractivity contribution in [3.8, 4) is 0 Å². The fourth-order valence-corrected chi connectivity index (χ4v) is 3.80. The lowest BCUT2D eigenvalue weighted by Gasteiger charge is -2.19. The van der Waals surface area contributed by atoms with Gasteiger partial charge in [-0.2, -0.15) is 5.10 Å². The second-order valence-corrected chi connectivity index (χ2v) is 7.08. The zero-order valence-corrected chi connectivity index (χ0v) is 16.2. The van der Waals surface area contributed by atoms with E-state index < -0.39 is 0 Å². The highest BCUT2D eigenvalue weighted by molar-refractivity contribution is 6.09. The molecule has 0 spiro atoms. The predicted molar refractivity (Wildman–Crippen MR) is 123 cm³/mol. The molecule has 0 radical (unpaired) electrons. The van der Waals surface area contributed by atoms with Gasteiger partial charge in [0.25, 0.3) is 0 Å². The monoisotopic (exact) mass is 375 g/mol. The van der Waals surface area contributed by atoms with E-state index in [0.29, 0.717) is 0 Å². The summed E-state index contributed by atoms with van der Waals surface area (Å²) < 4.78 is 2.24. The molecule has 29 heavy (non-hydrogen) atoms. The van der Waals surface area contributed by atoms with E-state index in [1.165, 1.54) is 21.8 Å². The van der Waals surface area contributed by atoms with Crippen LogP contribution in [-0.4, -0.2) is 10.8 Å². The smallest absolute Gasteiger partial charge is 0.0652 e. The van der Waals surface area contributed by atoms with Crippen molar-refractivity contribution in [3.63, 3.8) is 0 Å². The summed E-state index contributed by atoms with van der Waals surface area (Å²) in [4.78, 5) is 0. The summed E-state index contributed by atoms with van der Waals surface area (Å²) in [5.74, 6) is 0. The minimum atomic E-state index is 1.03. The highest BCUT2D eigenvalue weighted by Crippen LogP contribution is 2.29. The first-order valence-corrected chi connectivity index (χ1v) is 9.73. The zero-order valence-electron chi connectivity index (χ0n) is 16.2. The molecule has 0 N–H and O–H groups in total. The second-order valence-electron chi connectivity index (χ2n) is 7.08.